The van der Waals surface area contributed by atoms with Crippen molar-refractivity contribution in [3.05, 3.63) is 77.1 Å². The monoisotopic (exact) mass is 365 g/mol. The van der Waals surface area contributed by atoms with E-state index >= 15 is 0 Å². The lowest BCUT2D eigenvalue weighted by atomic mass is 10.2. The highest BCUT2D eigenvalue weighted by Gasteiger charge is 2.13. The number of aromatic nitrogens is 2. The van der Waals surface area contributed by atoms with Crippen molar-refractivity contribution in [2.24, 2.45) is 0 Å². The Balaban J connectivity index is 1.85. The second-order valence-corrected chi connectivity index (χ2v) is 6.91. The normalized spacial score (nSPS) is 10.7. The number of nitrogens with zero attached hydrogens (tertiary/aromatic N) is 2. The number of amides is 1. The Hall–Kier alpha value is -2.86. The van der Waals surface area contributed by atoms with Crippen LogP contribution in [0.4, 0.5) is 5.69 Å². The number of fused-ring (bicyclic) bond motifs is 1. The Labute approximate surface area is 155 Å². The van der Waals surface area contributed by atoms with Gasteiger partial charge in [-0.3, -0.25) is 14.2 Å². The van der Waals surface area contributed by atoms with Crippen LogP contribution in [-0.2, 0) is 11.3 Å². The quantitative estimate of drug-likeness (QED) is 0.411. The van der Waals surface area contributed by atoms with E-state index in [1.54, 1.807) is 16.7 Å². The molecule has 0 spiro atoms. The van der Waals surface area contributed by atoms with Crippen molar-refractivity contribution < 1.29 is 4.79 Å². The van der Waals surface area contributed by atoms with Crippen LogP contribution < -0.4 is 10.9 Å². The minimum atomic E-state index is -0.148. The van der Waals surface area contributed by atoms with E-state index in [1.165, 1.54) is 11.8 Å². The minimum Gasteiger partial charge on any atom is -0.325 e. The van der Waals surface area contributed by atoms with Gasteiger partial charge < -0.3 is 5.32 Å². The molecule has 1 heterocycles. The first-order valence-corrected chi connectivity index (χ1v) is 9.15. The minimum absolute atomic E-state index is 0.121. The second kappa shape index (κ2) is 8.01. The fourth-order valence-corrected chi connectivity index (χ4v) is 3.31. The lowest BCUT2D eigenvalue weighted by molar-refractivity contribution is -0.113. The maximum absolute atomic E-state index is 12.8. The van der Waals surface area contributed by atoms with E-state index < -0.39 is 0 Å². The highest BCUT2D eigenvalue weighted by molar-refractivity contribution is 7.99. The Kier molecular flexibility index (Phi) is 5.53. The average Bonchev–Trinajstić information content (AvgIpc) is 2.63. The Morgan fingerprint density at radius 2 is 1.85 bits per heavy atom. The number of anilines is 1. The first kappa shape index (κ1) is 17.9. The van der Waals surface area contributed by atoms with Crippen LogP contribution in [0.5, 0.6) is 0 Å². The van der Waals surface area contributed by atoms with E-state index in [2.05, 4.69) is 16.9 Å². The van der Waals surface area contributed by atoms with Crippen molar-refractivity contribution in [1.82, 2.24) is 9.55 Å². The van der Waals surface area contributed by atoms with E-state index in [-0.39, 0.29) is 17.2 Å². The number of benzene rings is 2. The predicted octanol–water partition coefficient (Wildman–Crippen LogP) is 3.70. The molecule has 132 valence electrons. The van der Waals surface area contributed by atoms with Gasteiger partial charge in [0.25, 0.3) is 5.56 Å². The molecule has 26 heavy (non-hydrogen) atoms. The van der Waals surface area contributed by atoms with Gasteiger partial charge in [-0.2, -0.15) is 0 Å². The summed E-state index contributed by atoms with van der Waals surface area (Å²) in [6, 6.07) is 16.5. The molecule has 5 nitrogen and oxygen atoms in total. The number of para-hydroxylation sites is 2. The maximum atomic E-state index is 12.8. The van der Waals surface area contributed by atoms with Crippen molar-refractivity contribution in [3.8, 4) is 0 Å². The number of hydrogen-bond donors (Lipinski definition) is 1. The molecule has 0 aliphatic carbocycles. The summed E-state index contributed by atoms with van der Waals surface area (Å²) in [4.78, 5) is 29.6. The molecule has 3 rings (SSSR count). The zero-order chi connectivity index (χ0) is 18.5. The number of carbonyl (C=O) groups excluding carboxylic acids is 1. The van der Waals surface area contributed by atoms with Gasteiger partial charge in [-0.25, -0.2) is 4.98 Å². The number of hydrogen-bond acceptors (Lipinski definition) is 4. The van der Waals surface area contributed by atoms with Gasteiger partial charge in [0.1, 0.15) is 0 Å². The molecule has 1 N–H and O–H groups in total. The summed E-state index contributed by atoms with van der Waals surface area (Å²) in [5.74, 6) is 0.0149. The zero-order valence-electron chi connectivity index (χ0n) is 14.4. The van der Waals surface area contributed by atoms with Crippen LogP contribution in [0.25, 0.3) is 10.9 Å². The molecular weight excluding hydrogens is 346 g/mol. The third-order valence-corrected chi connectivity index (χ3v) is 4.62. The Morgan fingerprint density at radius 1 is 1.15 bits per heavy atom. The summed E-state index contributed by atoms with van der Waals surface area (Å²) in [6.07, 6.45) is 0. The van der Waals surface area contributed by atoms with Gasteiger partial charge in [0, 0.05) is 12.2 Å². The second-order valence-electron chi connectivity index (χ2n) is 5.96. The van der Waals surface area contributed by atoms with Crippen LogP contribution in [0, 0.1) is 0 Å². The van der Waals surface area contributed by atoms with Crippen LogP contribution in [-0.4, -0.2) is 21.2 Å². The van der Waals surface area contributed by atoms with E-state index in [9.17, 15) is 9.59 Å². The molecule has 0 saturated carbocycles. The van der Waals surface area contributed by atoms with Crippen molar-refractivity contribution in [2.75, 3.05) is 11.1 Å². The number of rotatable bonds is 6. The average molecular weight is 365 g/mol. The van der Waals surface area contributed by atoms with Crippen LogP contribution in [0.3, 0.4) is 0 Å². The first-order valence-electron chi connectivity index (χ1n) is 8.16. The van der Waals surface area contributed by atoms with E-state index in [1.807, 2.05) is 49.4 Å². The molecule has 0 saturated heterocycles. The molecule has 0 bridgehead atoms. The highest BCUT2D eigenvalue weighted by atomic mass is 32.2. The Morgan fingerprint density at radius 3 is 2.58 bits per heavy atom. The summed E-state index contributed by atoms with van der Waals surface area (Å²) < 4.78 is 1.57. The van der Waals surface area contributed by atoms with E-state index in [0.717, 1.165) is 11.3 Å². The van der Waals surface area contributed by atoms with Gasteiger partial charge in [-0.15, -0.1) is 0 Å². The molecule has 0 fully saturated rings. The number of nitrogens with one attached hydrogen (secondary N) is 1. The fourth-order valence-electron chi connectivity index (χ4n) is 2.52. The van der Waals surface area contributed by atoms with Crippen LogP contribution in [0.1, 0.15) is 6.92 Å². The standard InChI is InChI=1S/C20H19N3O2S/c1-14(2)12-23-19(25)16-10-6-7-11-17(16)22-20(23)26-13-18(24)21-15-8-4-3-5-9-15/h3-11H,1,12-13H2,2H3,(H,21,24). The molecule has 0 radical (unpaired) electrons. The molecule has 0 aliphatic heterocycles. The molecule has 0 aliphatic rings. The fraction of sp³-hybridized carbons (Fsp3) is 0.150. The lowest BCUT2D eigenvalue weighted by Gasteiger charge is -2.13. The summed E-state index contributed by atoms with van der Waals surface area (Å²) in [5.41, 5.74) is 2.09. The summed E-state index contributed by atoms with van der Waals surface area (Å²) in [5, 5.41) is 3.91. The summed E-state index contributed by atoms with van der Waals surface area (Å²) in [6.45, 7) is 6.12. The third-order valence-electron chi connectivity index (χ3n) is 3.64. The highest BCUT2D eigenvalue weighted by Crippen LogP contribution is 2.19. The maximum Gasteiger partial charge on any atom is 0.262 e. The SMILES string of the molecule is C=C(C)Cn1c(SCC(=O)Nc2ccccc2)nc2ccccc2c1=O. The zero-order valence-corrected chi connectivity index (χ0v) is 15.3. The number of thioether (sulfide) groups is 1. The van der Waals surface area contributed by atoms with E-state index in [0.29, 0.717) is 22.6 Å². The van der Waals surface area contributed by atoms with Crippen LogP contribution >= 0.6 is 11.8 Å². The van der Waals surface area contributed by atoms with Gasteiger partial charge in [0.2, 0.25) is 5.91 Å². The van der Waals surface area contributed by atoms with Crippen molar-refractivity contribution >= 4 is 34.3 Å². The largest absolute Gasteiger partial charge is 0.325 e. The molecule has 3 aromatic rings. The Bertz CT molecular complexity index is 1010. The summed E-state index contributed by atoms with van der Waals surface area (Å²) in [7, 11) is 0. The van der Waals surface area contributed by atoms with Gasteiger partial charge in [-0.05, 0) is 31.2 Å². The van der Waals surface area contributed by atoms with Gasteiger partial charge >= 0.3 is 0 Å². The van der Waals surface area contributed by atoms with Gasteiger partial charge in [0.05, 0.1) is 16.7 Å². The van der Waals surface area contributed by atoms with Crippen molar-refractivity contribution in [2.45, 2.75) is 18.6 Å². The van der Waals surface area contributed by atoms with E-state index in [4.69, 9.17) is 0 Å². The molecule has 0 atom stereocenters. The van der Waals surface area contributed by atoms with Gasteiger partial charge in [-0.1, -0.05) is 54.2 Å². The smallest absolute Gasteiger partial charge is 0.262 e. The molecule has 2 aromatic carbocycles. The van der Waals surface area contributed by atoms with Crippen molar-refractivity contribution in [3.63, 3.8) is 0 Å². The molecule has 1 aromatic heterocycles. The topological polar surface area (TPSA) is 64.0 Å². The van der Waals surface area contributed by atoms with Crippen LogP contribution in [0.2, 0.25) is 0 Å². The molecule has 1 amide bonds. The number of carbonyl (C=O) groups is 1. The van der Waals surface area contributed by atoms with Crippen LogP contribution in [0.15, 0.2) is 76.7 Å². The van der Waals surface area contributed by atoms with Crippen molar-refractivity contribution in [1.29, 1.82) is 0 Å². The molecular formula is C20H19N3O2S. The summed E-state index contributed by atoms with van der Waals surface area (Å²) >= 11 is 1.24. The lowest BCUT2D eigenvalue weighted by Crippen LogP contribution is -2.24. The molecule has 6 heteroatoms. The first-order chi connectivity index (χ1) is 12.5. The van der Waals surface area contributed by atoms with Gasteiger partial charge in [0.15, 0.2) is 5.16 Å². The number of allylic oxidation sites excluding steroid dienone is 1. The molecule has 0 unspecified atom stereocenters. The predicted molar refractivity (Wildman–Crippen MR) is 107 cm³/mol. The third kappa shape index (κ3) is 4.21.